The first-order valence-electron chi connectivity index (χ1n) is 9.86. The van der Waals surface area contributed by atoms with Crippen molar-refractivity contribution in [3.63, 3.8) is 0 Å². The third-order valence-corrected chi connectivity index (χ3v) is 4.83. The van der Waals surface area contributed by atoms with Gasteiger partial charge < -0.3 is 24.5 Å². The van der Waals surface area contributed by atoms with Crippen molar-refractivity contribution in [2.24, 2.45) is 0 Å². The van der Waals surface area contributed by atoms with Gasteiger partial charge >= 0.3 is 18.0 Å². The Morgan fingerprint density at radius 2 is 1.81 bits per heavy atom. The monoisotopic (exact) mass is 432 g/mol. The Hall–Kier alpha value is -4.33. The van der Waals surface area contributed by atoms with Gasteiger partial charge in [0.1, 0.15) is 12.4 Å². The zero-order valence-corrected chi connectivity index (χ0v) is 17.2. The van der Waals surface area contributed by atoms with Gasteiger partial charge in [-0.15, -0.1) is 0 Å². The largest absolute Gasteiger partial charge is 0.457 e. The average Bonchev–Trinajstić information content (AvgIpc) is 3.33. The molecule has 1 aliphatic rings. The molecule has 2 aromatic carbocycles. The fraction of sp³-hybridized carbons (Fsp3) is 0.125. The van der Waals surface area contributed by atoms with Crippen LogP contribution in [0.4, 0.5) is 4.79 Å². The van der Waals surface area contributed by atoms with Crippen molar-refractivity contribution in [3.8, 4) is 5.75 Å². The Bertz CT molecular complexity index is 1170. The van der Waals surface area contributed by atoms with E-state index in [0.717, 1.165) is 5.56 Å². The number of hydrogen-bond donors (Lipinski definition) is 2. The number of carbonyl (C=O) groups excluding carboxylic acids is 3. The third kappa shape index (κ3) is 4.70. The van der Waals surface area contributed by atoms with Gasteiger partial charge in [-0.3, -0.25) is 0 Å². The van der Waals surface area contributed by atoms with E-state index < -0.39 is 24.0 Å². The standard InChI is InChI=1S/C24H20N2O6/c1-15-20(23(28)31-14-16-7-3-2-4-8-16)21(26-24(29)25-15)17-9-5-10-18(13-17)32-22(27)19-11-6-12-30-19/h2-13,21H,14H2,1H3,(H2,25,26,29). The first-order valence-corrected chi connectivity index (χ1v) is 9.86. The van der Waals surface area contributed by atoms with Crippen molar-refractivity contribution in [1.29, 1.82) is 0 Å². The molecule has 8 nitrogen and oxygen atoms in total. The minimum absolute atomic E-state index is 0.0616. The van der Waals surface area contributed by atoms with Gasteiger partial charge in [0.05, 0.1) is 17.9 Å². The van der Waals surface area contributed by atoms with Crippen LogP contribution in [0.1, 0.15) is 34.6 Å². The van der Waals surface area contributed by atoms with Gasteiger partial charge in [0.2, 0.25) is 5.76 Å². The molecule has 0 aliphatic carbocycles. The molecule has 0 bridgehead atoms. The van der Waals surface area contributed by atoms with Gasteiger partial charge in [0.15, 0.2) is 0 Å². The molecule has 0 fully saturated rings. The van der Waals surface area contributed by atoms with Crippen molar-refractivity contribution < 1.29 is 28.3 Å². The molecule has 1 unspecified atom stereocenters. The lowest BCUT2D eigenvalue weighted by atomic mass is 9.95. The second-order valence-electron chi connectivity index (χ2n) is 7.07. The summed E-state index contributed by atoms with van der Waals surface area (Å²) in [6, 6.07) is 17.7. The molecule has 2 amide bonds. The number of urea groups is 1. The summed E-state index contributed by atoms with van der Waals surface area (Å²) in [4.78, 5) is 37.2. The molecular formula is C24H20N2O6. The van der Waals surface area contributed by atoms with E-state index in [9.17, 15) is 14.4 Å². The summed E-state index contributed by atoms with van der Waals surface area (Å²) in [7, 11) is 0. The molecule has 3 aromatic rings. The predicted octanol–water partition coefficient (Wildman–Crippen LogP) is 3.87. The fourth-order valence-corrected chi connectivity index (χ4v) is 3.32. The fourth-order valence-electron chi connectivity index (χ4n) is 3.32. The molecule has 1 aromatic heterocycles. The van der Waals surface area contributed by atoms with Gasteiger partial charge in [-0.25, -0.2) is 14.4 Å². The molecule has 8 heteroatoms. The topological polar surface area (TPSA) is 107 Å². The SMILES string of the molecule is CC1=C(C(=O)OCc2ccccc2)C(c2cccc(OC(=O)c3ccco3)c2)NC(=O)N1. The van der Waals surface area contributed by atoms with Crippen LogP contribution in [0, 0.1) is 0 Å². The first kappa shape index (κ1) is 20.9. The van der Waals surface area contributed by atoms with Crippen LogP contribution in [-0.2, 0) is 16.1 Å². The van der Waals surface area contributed by atoms with E-state index in [1.165, 1.54) is 12.3 Å². The quantitative estimate of drug-likeness (QED) is 0.452. The van der Waals surface area contributed by atoms with Crippen LogP contribution in [0.3, 0.4) is 0 Å². The number of ether oxygens (including phenoxy) is 2. The van der Waals surface area contributed by atoms with Crippen LogP contribution in [0.25, 0.3) is 0 Å². The van der Waals surface area contributed by atoms with Crippen LogP contribution in [0.5, 0.6) is 5.75 Å². The maximum Gasteiger partial charge on any atom is 0.379 e. The number of esters is 2. The maximum absolute atomic E-state index is 12.9. The third-order valence-electron chi connectivity index (χ3n) is 4.83. The van der Waals surface area contributed by atoms with E-state index in [2.05, 4.69) is 10.6 Å². The minimum Gasteiger partial charge on any atom is -0.457 e. The number of nitrogens with one attached hydrogen (secondary N) is 2. The number of hydrogen-bond acceptors (Lipinski definition) is 6. The van der Waals surface area contributed by atoms with Crippen molar-refractivity contribution in [3.05, 3.63) is 101 Å². The lowest BCUT2D eigenvalue weighted by Gasteiger charge is -2.28. The van der Waals surface area contributed by atoms with Gasteiger partial charge in [-0.05, 0) is 42.3 Å². The molecule has 2 N–H and O–H groups in total. The summed E-state index contributed by atoms with van der Waals surface area (Å²) in [6.45, 7) is 1.73. The smallest absolute Gasteiger partial charge is 0.379 e. The van der Waals surface area contributed by atoms with Crippen LogP contribution in [-0.4, -0.2) is 18.0 Å². The lowest BCUT2D eigenvalue weighted by molar-refractivity contribution is -0.140. The van der Waals surface area contributed by atoms with Crippen molar-refractivity contribution in [2.45, 2.75) is 19.6 Å². The van der Waals surface area contributed by atoms with Gasteiger partial charge in [0.25, 0.3) is 0 Å². The number of benzene rings is 2. The summed E-state index contributed by atoms with van der Waals surface area (Å²) in [5.41, 5.74) is 2.04. The maximum atomic E-state index is 12.9. The lowest BCUT2D eigenvalue weighted by Crippen LogP contribution is -2.45. The van der Waals surface area contributed by atoms with Gasteiger partial charge in [-0.1, -0.05) is 42.5 Å². The van der Waals surface area contributed by atoms with Crippen LogP contribution >= 0.6 is 0 Å². The van der Waals surface area contributed by atoms with Crippen molar-refractivity contribution in [2.75, 3.05) is 0 Å². The molecule has 32 heavy (non-hydrogen) atoms. The molecule has 2 heterocycles. The number of furan rings is 1. The zero-order chi connectivity index (χ0) is 22.5. The van der Waals surface area contributed by atoms with Crippen LogP contribution < -0.4 is 15.4 Å². The number of rotatable bonds is 6. The van der Waals surface area contributed by atoms with E-state index in [-0.39, 0.29) is 23.7 Å². The number of carbonyl (C=O) groups is 3. The molecule has 1 aliphatic heterocycles. The van der Waals surface area contributed by atoms with E-state index in [4.69, 9.17) is 13.9 Å². The first-order chi connectivity index (χ1) is 15.5. The van der Waals surface area contributed by atoms with E-state index in [0.29, 0.717) is 11.3 Å². The molecule has 162 valence electrons. The Morgan fingerprint density at radius 1 is 1.00 bits per heavy atom. The number of amides is 2. The zero-order valence-electron chi connectivity index (χ0n) is 17.2. The molecule has 0 saturated heterocycles. The highest BCUT2D eigenvalue weighted by atomic mass is 16.5. The molecule has 1 atom stereocenters. The van der Waals surface area contributed by atoms with Gasteiger partial charge in [0, 0.05) is 5.70 Å². The molecule has 0 spiro atoms. The molecule has 4 rings (SSSR count). The summed E-state index contributed by atoms with van der Waals surface area (Å²) < 4.78 is 15.9. The summed E-state index contributed by atoms with van der Waals surface area (Å²) >= 11 is 0. The second-order valence-corrected chi connectivity index (χ2v) is 7.07. The molecule has 0 saturated carbocycles. The normalized spacial score (nSPS) is 15.5. The summed E-state index contributed by atoms with van der Waals surface area (Å²) in [5, 5.41) is 5.34. The van der Waals surface area contributed by atoms with Gasteiger partial charge in [-0.2, -0.15) is 0 Å². The molecule has 0 radical (unpaired) electrons. The molecular weight excluding hydrogens is 412 g/mol. The predicted molar refractivity (Wildman–Crippen MR) is 113 cm³/mol. The van der Waals surface area contributed by atoms with E-state index in [1.807, 2.05) is 30.3 Å². The Kier molecular flexibility index (Phi) is 6.03. The Labute approximate surface area is 183 Å². The van der Waals surface area contributed by atoms with Crippen LogP contribution in [0.15, 0.2) is 88.7 Å². The highest BCUT2D eigenvalue weighted by Gasteiger charge is 2.32. The average molecular weight is 432 g/mol. The highest BCUT2D eigenvalue weighted by molar-refractivity contribution is 5.95. The van der Waals surface area contributed by atoms with Crippen LogP contribution in [0.2, 0.25) is 0 Å². The van der Waals surface area contributed by atoms with E-state index >= 15 is 0 Å². The Morgan fingerprint density at radius 3 is 2.56 bits per heavy atom. The second kappa shape index (κ2) is 9.22. The van der Waals surface area contributed by atoms with Crippen molar-refractivity contribution in [1.82, 2.24) is 10.6 Å². The Balaban J connectivity index is 1.56. The van der Waals surface area contributed by atoms with E-state index in [1.54, 1.807) is 37.3 Å². The summed E-state index contributed by atoms with van der Waals surface area (Å²) in [5.74, 6) is -0.921. The summed E-state index contributed by atoms with van der Waals surface area (Å²) in [6.07, 6.45) is 1.37. The van der Waals surface area contributed by atoms with Crippen molar-refractivity contribution >= 4 is 18.0 Å². The number of allylic oxidation sites excluding steroid dienone is 1. The highest BCUT2D eigenvalue weighted by Crippen LogP contribution is 2.30. The minimum atomic E-state index is -0.783.